The van der Waals surface area contributed by atoms with Crippen LogP contribution in [0.25, 0.3) is 0 Å². The Balaban J connectivity index is 0.000000493. The molecule has 0 amide bonds. The van der Waals surface area contributed by atoms with Gasteiger partial charge in [-0.25, -0.2) is 19.2 Å². The number of aromatic nitrogens is 2. The Morgan fingerprint density at radius 3 is 2.27 bits per heavy atom. The first-order valence-corrected chi connectivity index (χ1v) is 13.5. The standard InChI is InChI=1S/C26H25Cl2FN4O.C2HF3O2/c27-19-6-7-21(29)20(14-19)24(34)18-8-12-33(13-9-18)26-25(28)30-23-16-32(11-10-22(23)31-26)15-17-4-2-1-3-5-17;3-2(4,5)1(6)7/h1-7,14,18H,8-13,15-16H2;(H,6,7). The van der Waals surface area contributed by atoms with Gasteiger partial charge in [-0.1, -0.05) is 53.5 Å². The number of hydrogen-bond acceptors (Lipinski definition) is 6. The molecule has 13 heteroatoms. The van der Waals surface area contributed by atoms with Crippen molar-refractivity contribution in [2.45, 2.75) is 38.5 Å². The van der Waals surface area contributed by atoms with Crippen LogP contribution in [-0.2, 0) is 24.3 Å². The number of piperidine rings is 1. The average Bonchev–Trinajstić information content (AvgIpc) is 2.94. The van der Waals surface area contributed by atoms with Crippen LogP contribution in [0.4, 0.5) is 23.4 Å². The van der Waals surface area contributed by atoms with E-state index in [1.165, 1.54) is 23.8 Å². The molecular formula is C28H26Cl2F4N4O3. The number of carboxylic acids is 1. The fourth-order valence-electron chi connectivity index (χ4n) is 4.79. The molecule has 5 rings (SSSR count). The minimum atomic E-state index is -5.08. The van der Waals surface area contributed by atoms with Gasteiger partial charge >= 0.3 is 12.1 Å². The topological polar surface area (TPSA) is 86.6 Å². The van der Waals surface area contributed by atoms with Crippen LogP contribution < -0.4 is 4.90 Å². The van der Waals surface area contributed by atoms with Gasteiger partial charge in [0.05, 0.1) is 17.0 Å². The van der Waals surface area contributed by atoms with Gasteiger partial charge in [-0.05, 0) is 36.6 Å². The molecule has 3 heterocycles. The molecule has 0 radical (unpaired) electrons. The van der Waals surface area contributed by atoms with Crippen LogP contribution >= 0.6 is 23.2 Å². The van der Waals surface area contributed by atoms with Crippen LogP contribution in [0.15, 0.2) is 48.5 Å². The molecular weight excluding hydrogens is 587 g/mol. The lowest BCUT2D eigenvalue weighted by atomic mass is 9.88. The van der Waals surface area contributed by atoms with Crippen molar-refractivity contribution in [3.05, 3.63) is 87.0 Å². The molecule has 0 aliphatic carbocycles. The largest absolute Gasteiger partial charge is 0.490 e. The van der Waals surface area contributed by atoms with E-state index in [0.717, 1.165) is 37.4 Å². The van der Waals surface area contributed by atoms with Gasteiger partial charge < -0.3 is 10.0 Å². The lowest BCUT2D eigenvalue weighted by molar-refractivity contribution is -0.192. The van der Waals surface area contributed by atoms with Crippen LogP contribution in [0.5, 0.6) is 0 Å². The van der Waals surface area contributed by atoms with E-state index in [-0.39, 0.29) is 17.3 Å². The van der Waals surface area contributed by atoms with Gasteiger partial charge in [0.15, 0.2) is 16.8 Å². The van der Waals surface area contributed by atoms with Crippen LogP contribution in [0.3, 0.4) is 0 Å². The molecule has 7 nitrogen and oxygen atoms in total. The number of halogens is 6. The van der Waals surface area contributed by atoms with Crippen LogP contribution in [0.2, 0.25) is 10.2 Å². The quantitative estimate of drug-likeness (QED) is 0.271. The van der Waals surface area contributed by atoms with Crippen molar-refractivity contribution in [2.24, 2.45) is 5.92 Å². The molecule has 41 heavy (non-hydrogen) atoms. The summed E-state index contributed by atoms with van der Waals surface area (Å²) in [6.07, 6.45) is -3.06. The Morgan fingerprint density at radius 2 is 1.63 bits per heavy atom. The van der Waals surface area contributed by atoms with Gasteiger partial charge in [0.25, 0.3) is 0 Å². The summed E-state index contributed by atoms with van der Waals surface area (Å²) < 4.78 is 45.9. The normalized spacial score (nSPS) is 16.0. The zero-order valence-electron chi connectivity index (χ0n) is 21.7. The number of rotatable bonds is 5. The molecule has 1 fully saturated rings. The molecule has 0 spiro atoms. The molecule has 2 aliphatic rings. The predicted octanol–water partition coefficient (Wildman–Crippen LogP) is 6.21. The monoisotopic (exact) mass is 612 g/mol. The number of ketones is 1. The van der Waals surface area contributed by atoms with Gasteiger partial charge in [0.2, 0.25) is 0 Å². The van der Waals surface area contributed by atoms with Crippen molar-refractivity contribution in [3.8, 4) is 0 Å². The smallest absolute Gasteiger partial charge is 0.475 e. The van der Waals surface area contributed by atoms with Crippen molar-refractivity contribution in [3.63, 3.8) is 0 Å². The number of carbonyl (C=O) groups is 2. The zero-order valence-corrected chi connectivity index (χ0v) is 23.2. The zero-order chi connectivity index (χ0) is 29.7. The predicted molar refractivity (Wildman–Crippen MR) is 146 cm³/mol. The Morgan fingerprint density at radius 1 is 0.976 bits per heavy atom. The van der Waals surface area contributed by atoms with E-state index in [1.807, 2.05) is 6.07 Å². The number of aliphatic carboxylic acids is 1. The summed E-state index contributed by atoms with van der Waals surface area (Å²) >= 11 is 12.5. The van der Waals surface area contributed by atoms with Gasteiger partial charge in [-0.3, -0.25) is 9.69 Å². The molecule has 1 aromatic heterocycles. The number of Topliss-reactive ketones (excluding diaryl/α,β-unsaturated/α-hetero) is 1. The third-order valence-electron chi connectivity index (χ3n) is 6.88. The summed E-state index contributed by atoms with van der Waals surface area (Å²) in [7, 11) is 0. The second-order valence-electron chi connectivity index (χ2n) is 9.73. The van der Waals surface area contributed by atoms with E-state index < -0.39 is 18.0 Å². The maximum atomic E-state index is 14.2. The first-order chi connectivity index (χ1) is 19.4. The number of carbonyl (C=O) groups excluding carboxylic acids is 1. The second kappa shape index (κ2) is 13.1. The van der Waals surface area contributed by atoms with Crippen molar-refractivity contribution < 1.29 is 32.3 Å². The number of anilines is 1. The van der Waals surface area contributed by atoms with Crippen LogP contribution in [-0.4, -0.2) is 57.5 Å². The first-order valence-electron chi connectivity index (χ1n) is 12.8. The Hall–Kier alpha value is -3.28. The van der Waals surface area contributed by atoms with E-state index >= 15 is 0 Å². The number of hydrogen-bond donors (Lipinski definition) is 1. The molecule has 1 saturated heterocycles. The summed E-state index contributed by atoms with van der Waals surface area (Å²) in [4.78, 5) is 35.8. The van der Waals surface area contributed by atoms with Crippen LogP contribution in [0, 0.1) is 11.7 Å². The van der Waals surface area contributed by atoms with E-state index in [2.05, 4.69) is 34.1 Å². The number of fused-ring (bicyclic) bond motifs is 1. The Labute approximate surface area is 243 Å². The highest BCUT2D eigenvalue weighted by Crippen LogP contribution is 2.31. The highest BCUT2D eigenvalue weighted by Gasteiger charge is 2.38. The van der Waals surface area contributed by atoms with Crippen molar-refractivity contribution >= 4 is 40.8 Å². The molecule has 0 unspecified atom stereocenters. The highest BCUT2D eigenvalue weighted by molar-refractivity contribution is 6.31. The average molecular weight is 613 g/mol. The van der Waals surface area contributed by atoms with Crippen molar-refractivity contribution in [1.29, 1.82) is 0 Å². The van der Waals surface area contributed by atoms with Crippen molar-refractivity contribution in [1.82, 2.24) is 14.9 Å². The SMILES string of the molecule is O=C(O)C(F)(F)F.O=C(c1cc(Cl)ccc1F)C1CCN(c2nc3c(nc2Cl)CN(Cc2ccccc2)CC3)CC1. The number of carboxylic acid groups (broad SMARTS) is 1. The van der Waals surface area contributed by atoms with E-state index in [1.54, 1.807) is 0 Å². The lowest BCUT2D eigenvalue weighted by Gasteiger charge is -2.34. The summed E-state index contributed by atoms with van der Waals surface area (Å²) in [6.45, 7) is 3.74. The molecule has 0 atom stereocenters. The number of nitrogens with zero attached hydrogens (tertiary/aromatic N) is 4. The fourth-order valence-corrected chi connectivity index (χ4v) is 5.23. The van der Waals surface area contributed by atoms with Crippen molar-refractivity contribution in [2.75, 3.05) is 24.5 Å². The molecule has 0 bridgehead atoms. The second-order valence-corrected chi connectivity index (χ2v) is 10.5. The molecule has 1 N–H and O–H groups in total. The first kappa shape index (κ1) is 30.7. The minimum Gasteiger partial charge on any atom is -0.475 e. The molecule has 3 aromatic rings. The summed E-state index contributed by atoms with van der Waals surface area (Å²) in [5, 5.41) is 7.88. The van der Waals surface area contributed by atoms with Gasteiger partial charge in [0.1, 0.15) is 5.82 Å². The highest BCUT2D eigenvalue weighted by atomic mass is 35.5. The number of benzene rings is 2. The fraction of sp³-hybridized carbons (Fsp3) is 0.357. The van der Waals surface area contributed by atoms with E-state index in [4.69, 9.17) is 43.1 Å². The molecule has 2 aromatic carbocycles. The van der Waals surface area contributed by atoms with Gasteiger partial charge in [-0.15, -0.1) is 0 Å². The summed E-state index contributed by atoms with van der Waals surface area (Å²) in [5.41, 5.74) is 3.26. The third-order valence-corrected chi connectivity index (χ3v) is 7.37. The third kappa shape index (κ3) is 7.93. The molecule has 2 aliphatic heterocycles. The minimum absolute atomic E-state index is 0.0672. The maximum absolute atomic E-state index is 14.2. The number of alkyl halides is 3. The maximum Gasteiger partial charge on any atom is 0.490 e. The van der Waals surface area contributed by atoms with Gasteiger partial charge in [0, 0.05) is 50.1 Å². The molecule has 0 saturated carbocycles. The Bertz CT molecular complexity index is 1400. The lowest BCUT2D eigenvalue weighted by Crippen LogP contribution is -2.38. The van der Waals surface area contributed by atoms with E-state index in [0.29, 0.717) is 41.9 Å². The molecule has 218 valence electrons. The summed E-state index contributed by atoms with van der Waals surface area (Å²) in [6, 6.07) is 14.5. The Kier molecular flexibility index (Phi) is 9.83. The van der Waals surface area contributed by atoms with E-state index in [9.17, 15) is 22.4 Å². The summed E-state index contributed by atoms with van der Waals surface area (Å²) in [5.74, 6) is -3.05. The van der Waals surface area contributed by atoms with Crippen LogP contribution in [0.1, 0.15) is 40.2 Å². The van der Waals surface area contributed by atoms with Gasteiger partial charge in [-0.2, -0.15) is 13.2 Å².